The number of benzene rings is 2. The summed E-state index contributed by atoms with van der Waals surface area (Å²) in [6, 6.07) is 21.2. The van der Waals surface area contributed by atoms with Gasteiger partial charge in [-0.2, -0.15) is 0 Å². The first-order valence-electron chi connectivity index (χ1n) is 5.01. The van der Waals surface area contributed by atoms with Gasteiger partial charge < -0.3 is 0 Å². The van der Waals surface area contributed by atoms with Crippen molar-refractivity contribution in [2.75, 3.05) is 0 Å². The van der Waals surface area contributed by atoms with Gasteiger partial charge in [0.05, 0.1) is 0 Å². The van der Waals surface area contributed by atoms with Crippen LogP contribution in [0.1, 0.15) is 5.56 Å². The molecule has 0 saturated carbocycles. The Morgan fingerprint density at radius 1 is 0.800 bits per heavy atom. The topological polar surface area (TPSA) is 0 Å². The molecule has 75 valence electrons. The van der Waals surface area contributed by atoms with E-state index in [1.54, 1.807) is 0 Å². The molecule has 2 rings (SSSR count). The van der Waals surface area contributed by atoms with E-state index in [0.717, 1.165) is 0 Å². The van der Waals surface area contributed by atoms with Crippen molar-refractivity contribution in [3.63, 3.8) is 0 Å². The zero-order chi connectivity index (χ0) is 10.3. The normalized spacial score (nSPS) is 10.1. The van der Waals surface area contributed by atoms with Crippen molar-refractivity contribution in [1.82, 2.24) is 0 Å². The van der Waals surface area contributed by atoms with E-state index in [9.17, 15) is 0 Å². The average Bonchev–Trinajstić information content (AvgIpc) is 2.32. The Morgan fingerprint density at radius 3 is 2.07 bits per heavy atom. The summed E-state index contributed by atoms with van der Waals surface area (Å²) in [4.78, 5) is 0. The molecular formula is C14H13Se. The molecule has 0 spiro atoms. The van der Waals surface area contributed by atoms with Crippen LogP contribution in [0.5, 0.6) is 0 Å². The molecule has 15 heavy (non-hydrogen) atoms. The van der Waals surface area contributed by atoms with E-state index < -0.39 is 0 Å². The first-order valence-corrected chi connectivity index (χ1v) is 7.08. The quantitative estimate of drug-likeness (QED) is 0.741. The molecule has 0 aliphatic carbocycles. The van der Waals surface area contributed by atoms with Crippen molar-refractivity contribution in [2.45, 2.75) is 5.32 Å². The number of hydrogen-bond acceptors (Lipinski definition) is 0. The Balaban J connectivity index is 1.81. The fourth-order valence-electron chi connectivity index (χ4n) is 1.34. The Labute approximate surface area is 97.5 Å². The van der Waals surface area contributed by atoms with E-state index in [2.05, 4.69) is 67.1 Å². The maximum atomic E-state index is 2.31. The van der Waals surface area contributed by atoms with Crippen LogP contribution in [0.2, 0.25) is 5.32 Å². The molecule has 0 nitrogen and oxygen atoms in total. The predicted molar refractivity (Wildman–Crippen MR) is 66.5 cm³/mol. The SMILES string of the molecule is [CH](C[Se]c1ccccc1)c1ccccc1. The second kappa shape index (κ2) is 5.75. The summed E-state index contributed by atoms with van der Waals surface area (Å²) in [5, 5.41) is 1.17. The van der Waals surface area contributed by atoms with Crippen LogP contribution >= 0.6 is 0 Å². The molecule has 0 aliphatic heterocycles. The Bertz CT molecular complexity index is 341. The van der Waals surface area contributed by atoms with E-state index in [0.29, 0.717) is 15.0 Å². The van der Waals surface area contributed by atoms with Gasteiger partial charge in [0, 0.05) is 0 Å². The van der Waals surface area contributed by atoms with Crippen molar-refractivity contribution in [3.05, 3.63) is 72.6 Å². The van der Waals surface area contributed by atoms with Crippen LogP contribution in [0.3, 0.4) is 0 Å². The molecular weight excluding hydrogens is 247 g/mol. The Hall–Kier alpha value is -1.04. The van der Waals surface area contributed by atoms with Crippen molar-refractivity contribution >= 4 is 19.4 Å². The molecule has 2 aromatic rings. The van der Waals surface area contributed by atoms with E-state index in [1.165, 1.54) is 15.3 Å². The van der Waals surface area contributed by atoms with Crippen LogP contribution in [0.25, 0.3) is 0 Å². The van der Waals surface area contributed by atoms with Crippen molar-refractivity contribution in [2.24, 2.45) is 0 Å². The van der Waals surface area contributed by atoms with Crippen LogP contribution in [0.15, 0.2) is 60.7 Å². The molecule has 2 aromatic carbocycles. The monoisotopic (exact) mass is 261 g/mol. The molecule has 0 unspecified atom stereocenters. The minimum atomic E-state index is 0.567. The van der Waals surface area contributed by atoms with Crippen LogP contribution in [-0.2, 0) is 0 Å². The third-order valence-corrected chi connectivity index (χ3v) is 4.08. The summed E-state index contributed by atoms with van der Waals surface area (Å²) >= 11 is 0.567. The molecule has 0 saturated heterocycles. The molecule has 1 radical (unpaired) electrons. The molecule has 0 atom stereocenters. The fraction of sp³-hybridized carbons (Fsp3) is 0.0714. The van der Waals surface area contributed by atoms with Gasteiger partial charge >= 0.3 is 97.4 Å². The summed E-state index contributed by atoms with van der Waals surface area (Å²) in [5.74, 6) is 0. The fourth-order valence-corrected chi connectivity index (χ4v) is 3.06. The Morgan fingerprint density at radius 2 is 1.40 bits per heavy atom. The molecule has 1 heteroatoms. The summed E-state index contributed by atoms with van der Waals surface area (Å²) < 4.78 is 1.47. The first-order chi connectivity index (χ1) is 7.45. The summed E-state index contributed by atoms with van der Waals surface area (Å²) in [6.07, 6.45) is 2.31. The van der Waals surface area contributed by atoms with Gasteiger partial charge in [0.2, 0.25) is 0 Å². The van der Waals surface area contributed by atoms with Crippen LogP contribution in [0, 0.1) is 6.42 Å². The zero-order valence-electron chi connectivity index (χ0n) is 8.47. The second-order valence-corrected chi connectivity index (χ2v) is 5.53. The molecule has 0 fully saturated rings. The van der Waals surface area contributed by atoms with E-state index in [1.807, 2.05) is 0 Å². The predicted octanol–water partition coefficient (Wildman–Crippen LogP) is 2.69. The number of rotatable bonds is 4. The molecule has 0 bridgehead atoms. The van der Waals surface area contributed by atoms with Crippen LogP contribution < -0.4 is 4.46 Å². The van der Waals surface area contributed by atoms with Crippen LogP contribution in [0.4, 0.5) is 0 Å². The zero-order valence-corrected chi connectivity index (χ0v) is 10.2. The van der Waals surface area contributed by atoms with Crippen LogP contribution in [-0.4, -0.2) is 15.0 Å². The maximum absolute atomic E-state index is 2.31. The molecule has 0 heterocycles. The molecule has 0 aliphatic rings. The van der Waals surface area contributed by atoms with Crippen molar-refractivity contribution < 1.29 is 0 Å². The second-order valence-electron chi connectivity index (χ2n) is 3.24. The minimum absolute atomic E-state index is 0.567. The van der Waals surface area contributed by atoms with E-state index in [-0.39, 0.29) is 0 Å². The van der Waals surface area contributed by atoms with Gasteiger partial charge in [0.1, 0.15) is 0 Å². The van der Waals surface area contributed by atoms with Crippen molar-refractivity contribution in [1.29, 1.82) is 0 Å². The van der Waals surface area contributed by atoms with Crippen molar-refractivity contribution in [3.8, 4) is 0 Å². The first kappa shape index (κ1) is 10.5. The standard InChI is InChI=1S/C14H13Se/c1-3-7-13(8-4-1)11-12-15-14-9-5-2-6-10-14/h1-11H,12H2. The molecule has 0 aromatic heterocycles. The van der Waals surface area contributed by atoms with Gasteiger partial charge in [-0.05, 0) is 0 Å². The molecule has 0 amide bonds. The van der Waals surface area contributed by atoms with Gasteiger partial charge in [-0.15, -0.1) is 0 Å². The Kier molecular flexibility index (Phi) is 4.01. The summed E-state index contributed by atoms with van der Waals surface area (Å²) in [7, 11) is 0. The van der Waals surface area contributed by atoms with E-state index in [4.69, 9.17) is 0 Å². The summed E-state index contributed by atoms with van der Waals surface area (Å²) in [5.41, 5.74) is 1.33. The van der Waals surface area contributed by atoms with Gasteiger partial charge in [-0.1, -0.05) is 0 Å². The average molecular weight is 260 g/mol. The van der Waals surface area contributed by atoms with Gasteiger partial charge in [-0.25, -0.2) is 0 Å². The molecule has 0 N–H and O–H groups in total. The van der Waals surface area contributed by atoms with Gasteiger partial charge in [0.15, 0.2) is 0 Å². The number of hydrogen-bond donors (Lipinski definition) is 0. The van der Waals surface area contributed by atoms with Gasteiger partial charge in [-0.3, -0.25) is 0 Å². The van der Waals surface area contributed by atoms with Gasteiger partial charge in [0.25, 0.3) is 0 Å². The van der Waals surface area contributed by atoms with E-state index >= 15 is 0 Å². The third kappa shape index (κ3) is 3.54. The summed E-state index contributed by atoms with van der Waals surface area (Å²) in [6.45, 7) is 0. The third-order valence-electron chi connectivity index (χ3n) is 2.11.